The monoisotopic (exact) mass is 417 g/mol. The molecule has 0 spiro atoms. The quantitative estimate of drug-likeness (QED) is 0.659. The van der Waals surface area contributed by atoms with E-state index in [-0.39, 0.29) is 22.1 Å². The molecule has 0 saturated heterocycles. The van der Waals surface area contributed by atoms with Crippen LogP contribution in [0.1, 0.15) is 24.2 Å². The summed E-state index contributed by atoms with van der Waals surface area (Å²) in [4.78, 5) is 24.6. The third kappa shape index (κ3) is 4.52. The van der Waals surface area contributed by atoms with E-state index in [0.717, 1.165) is 10.4 Å². The van der Waals surface area contributed by atoms with E-state index in [0.29, 0.717) is 16.9 Å². The van der Waals surface area contributed by atoms with Gasteiger partial charge in [0.1, 0.15) is 10.8 Å². The van der Waals surface area contributed by atoms with E-state index in [2.05, 4.69) is 10.4 Å². The number of ether oxygens (including phenoxy) is 1. The fourth-order valence-corrected chi connectivity index (χ4v) is 2.70. The van der Waals surface area contributed by atoms with Crippen molar-refractivity contribution in [1.29, 1.82) is 0 Å². The van der Waals surface area contributed by atoms with Crippen molar-refractivity contribution in [2.75, 3.05) is 5.32 Å². The minimum Gasteiger partial charge on any atom is -0.491 e. The van der Waals surface area contributed by atoms with Gasteiger partial charge in [-0.1, -0.05) is 23.2 Å². The Morgan fingerprint density at radius 2 is 1.71 bits per heavy atom. The number of hydrogen-bond acceptors (Lipinski definition) is 4. The lowest BCUT2D eigenvalue weighted by atomic mass is 10.2. The smallest absolute Gasteiger partial charge is 0.291 e. The number of carbonyl (C=O) groups is 1. The van der Waals surface area contributed by atoms with E-state index in [9.17, 15) is 9.59 Å². The van der Waals surface area contributed by atoms with E-state index in [4.69, 9.17) is 27.9 Å². The summed E-state index contributed by atoms with van der Waals surface area (Å²) >= 11 is 11.6. The Labute approximate surface area is 171 Å². The van der Waals surface area contributed by atoms with Gasteiger partial charge in [0.15, 0.2) is 0 Å². The number of rotatable bonds is 5. The van der Waals surface area contributed by atoms with Crippen LogP contribution in [0.25, 0.3) is 5.69 Å². The zero-order chi connectivity index (χ0) is 20.3. The highest BCUT2D eigenvalue weighted by Crippen LogP contribution is 2.19. The molecular formula is C20H17Cl2N3O3. The van der Waals surface area contributed by atoms with Crippen LogP contribution in [0.4, 0.5) is 5.69 Å². The van der Waals surface area contributed by atoms with Gasteiger partial charge in [-0.15, -0.1) is 0 Å². The molecule has 3 rings (SSSR count). The van der Waals surface area contributed by atoms with Crippen molar-refractivity contribution in [1.82, 2.24) is 9.78 Å². The Bertz CT molecular complexity index is 1050. The molecule has 0 saturated carbocycles. The number of aromatic nitrogens is 2. The molecule has 8 heteroatoms. The molecule has 1 N–H and O–H groups in total. The lowest BCUT2D eigenvalue weighted by Crippen LogP contribution is -2.21. The van der Waals surface area contributed by atoms with Gasteiger partial charge in [0.25, 0.3) is 11.5 Å². The second-order valence-corrected chi connectivity index (χ2v) is 7.00. The van der Waals surface area contributed by atoms with Crippen LogP contribution in [0, 0.1) is 0 Å². The minimum atomic E-state index is -0.532. The van der Waals surface area contributed by atoms with E-state index in [1.807, 2.05) is 13.8 Å². The van der Waals surface area contributed by atoms with Crippen molar-refractivity contribution in [3.05, 3.63) is 80.7 Å². The number of nitrogens with zero attached hydrogens (tertiary/aromatic N) is 2. The Morgan fingerprint density at radius 1 is 1.07 bits per heavy atom. The molecule has 0 aliphatic heterocycles. The van der Waals surface area contributed by atoms with Gasteiger partial charge in [0.2, 0.25) is 0 Å². The average Bonchev–Trinajstić information content (AvgIpc) is 2.67. The molecule has 2 aromatic carbocycles. The minimum absolute atomic E-state index is 0.0801. The SMILES string of the molecule is CC(C)Oc1ccc(NC(=O)c2ccc(-n3ncc(Cl)c(Cl)c3=O)cc2)cc1. The Balaban J connectivity index is 1.74. The Kier molecular flexibility index (Phi) is 6.02. The summed E-state index contributed by atoms with van der Waals surface area (Å²) in [6.07, 6.45) is 1.37. The molecule has 1 heterocycles. The fraction of sp³-hybridized carbons (Fsp3) is 0.150. The summed E-state index contributed by atoms with van der Waals surface area (Å²) in [6.45, 7) is 3.89. The number of nitrogens with one attached hydrogen (secondary N) is 1. The first-order chi connectivity index (χ1) is 13.3. The molecule has 0 radical (unpaired) electrons. The maximum Gasteiger partial charge on any atom is 0.291 e. The van der Waals surface area contributed by atoms with Gasteiger partial charge in [-0.05, 0) is 62.4 Å². The highest BCUT2D eigenvalue weighted by atomic mass is 35.5. The summed E-state index contributed by atoms with van der Waals surface area (Å²) < 4.78 is 6.69. The highest BCUT2D eigenvalue weighted by molar-refractivity contribution is 6.41. The molecule has 0 aliphatic rings. The second-order valence-electron chi connectivity index (χ2n) is 6.22. The largest absolute Gasteiger partial charge is 0.491 e. The van der Waals surface area contributed by atoms with Crippen molar-refractivity contribution in [2.45, 2.75) is 20.0 Å². The fourth-order valence-electron chi connectivity index (χ4n) is 2.44. The van der Waals surface area contributed by atoms with Gasteiger partial charge < -0.3 is 10.1 Å². The lowest BCUT2D eigenvalue weighted by Gasteiger charge is -2.11. The van der Waals surface area contributed by atoms with Crippen molar-refractivity contribution in [2.24, 2.45) is 0 Å². The maximum absolute atomic E-state index is 12.4. The molecule has 1 aromatic heterocycles. The van der Waals surface area contributed by atoms with Crippen LogP contribution >= 0.6 is 23.2 Å². The van der Waals surface area contributed by atoms with E-state index >= 15 is 0 Å². The van der Waals surface area contributed by atoms with Gasteiger partial charge in [0, 0.05) is 11.3 Å². The highest BCUT2D eigenvalue weighted by Gasteiger charge is 2.11. The first-order valence-corrected chi connectivity index (χ1v) is 9.22. The summed E-state index contributed by atoms with van der Waals surface area (Å²) in [6, 6.07) is 13.5. The number of amides is 1. The normalized spacial score (nSPS) is 10.8. The van der Waals surface area contributed by atoms with Crippen molar-refractivity contribution < 1.29 is 9.53 Å². The molecular weight excluding hydrogens is 401 g/mol. The van der Waals surface area contributed by atoms with E-state index in [1.54, 1.807) is 48.5 Å². The summed E-state index contributed by atoms with van der Waals surface area (Å²) in [5.41, 5.74) is 1.01. The third-order valence-corrected chi connectivity index (χ3v) is 4.48. The molecule has 28 heavy (non-hydrogen) atoms. The number of anilines is 1. The second kappa shape index (κ2) is 8.46. The molecule has 0 bridgehead atoms. The van der Waals surface area contributed by atoms with Crippen molar-refractivity contribution in [3.63, 3.8) is 0 Å². The van der Waals surface area contributed by atoms with Crippen LogP contribution in [0.15, 0.2) is 59.5 Å². The topological polar surface area (TPSA) is 73.2 Å². The van der Waals surface area contributed by atoms with Gasteiger partial charge in [-0.3, -0.25) is 9.59 Å². The molecule has 0 atom stereocenters. The first kappa shape index (κ1) is 19.9. The van der Waals surface area contributed by atoms with Gasteiger partial charge in [-0.25, -0.2) is 0 Å². The third-order valence-electron chi connectivity index (χ3n) is 3.73. The standard InChI is InChI=1S/C20H17Cl2N3O3/c1-12(2)28-16-9-5-14(6-10-16)24-19(26)13-3-7-15(8-4-13)25-20(27)18(22)17(21)11-23-25/h3-12H,1-2H3,(H,24,26). The number of benzene rings is 2. The zero-order valence-corrected chi connectivity index (χ0v) is 16.7. The van der Waals surface area contributed by atoms with Crippen LogP contribution in [0.2, 0.25) is 10.0 Å². The van der Waals surface area contributed by atoms with E-state index in [1.165, 1.54) is 6.20 Å². The molecule has 0 unspecified atom stereocenters. The summed E-state index contributed by atoms with van der Waals surface area (Å²) in [5, 5.41) is 6.74. The van der Waals surface area contributed by atoms with E-state index < -0.39 is 5.56 Å². The number of halogens is 2. The molecule has 0 fully saturated rings. The molecule has 144 valence electrons. The molecule has 6 nitrogen and oxygen atoms in total. The maximum atomic E-state index is 12.4. The van der Waals surface area contributed by atoms with Gasteiger partial charge in [-0.2, -0.15) is 9.78 Å². The lowest BCUT2D eigenvalue weighted by molar-refractivity contribution is 0.102. The summed E-state index contributed by atoms with van der Waals surface area (Å²) in [7, 11) is 0. The number of carbonyl (C=O) groups excluding carboxylic acids is 1. The average molecular weight is 418 g/mol. The Hall–Kier alpha value is -2.83. The van der Waals surface area contributed by atoms with Gasteiger partial charge >= 0.3 is 0 Å². The Morgan fingerprint density at radius 3 is 2.32 bits per heavy atom. The predicted molar refractivity (Wildman–Crippen MR) is 110 cm³/mol. The van der Waals surface area contributed by atoms with Crippen LogP contribution in [0.3, 0.4) is 0 Å². The van der Waals surface area contributed by atoms with Crippen molar-refractivity contribution >= 4 is 34.8 Å². The predicted octanol–water partition coefficient (Wildman–Crippen LogP) is 4.58. The van der Waals surface area contributed by atoms with Crippen LogP contribution < -0.4 is 15.6 Å². The zero-order valence-electron chi connectivity index (χ0n) is 15.1. The first-order valence-electron chi connectivity index (χ1n) is 8.47. The molecule has 0 aliphatic carbocycles. The van der Waals surface area contributed by atoms with Crippen LogP contribution in [-0.2, 0) is 0 Å². The van der Waals surface area contributed by atoms with Crippen LogP contribution in [-0.4, -0.2) is 21.8 Å². The van der Waals surface area contributed by atoms with Gasteiger partial charge in [0.05, 0.1) is 23.0 Å². The van der Waals surface area contributed by atoms with Crippen LogP contribution in [0.5, 0.6) is 5.75 Å². The molecule has 1 amide bonds. The number of hydrogen-bond donors (Lipinski definition) is 1. The summed E-state index contributed by atoms with van der Waals surface area (Å²) in [5.74, 6) is 0.454. The van der Waals surface area contributed by atoms with Crippen molar-refractivity contribution in [3.8, 4) is 11.4 Å². The molecule has 3 aromatic rings.